The van der Waals surface area contributed by atoms with Gasteiger partial charge in [0.15, 0.2) is 0 Å². The van der Waals surface area contributed by atoms with Crippen molar-refractivity contribution in [3.63, 3.8) is 0 Å². The molecule has 0 aromatic carbocycles. The summed E-state index contributed by atoms with van der Waals surface area (Å²) in [6.45, 7) is 3.46. The predicted octanol–water partition coefficient (Wildman–Crippen LogP) is -0.844. The molecule has 0 radical (unpaired) electrons. The molecule has 5 N–H and O–H groups in total. The summed E-state index contributed by atoms with van der Waals surface area (Å²) >= 11 is 0. The Bertz CT molecular complexity index is 125. The molecule has 5 nitrogen and oxygen atoms in total. The molecule has 0 rings (SSSR count). The molecule has 1 atom stereocenters. The minimum Gasteiger partial charge on any atom is -0.483 e. The van der Waals surface area contributed by atoms with Crippen molar-refractivity contribution in [1.82, 2.24) is 0 Å². The number of hydrogen-bond donors (Lipinski definition) is 3. The second-order valence-corrected chi connectivity index (χ2v) is 2.28. The number of amides is 1. The lowest BCUT2D eigenvalue weighted by atomic mass is 10.1. The molecule has 0 aliphatic rings. The van der Waals surface area contributed by atoms with Crippen LogP contribution in [0.15, 0.2) is 0 Å². The van der Waals surface area contributed by atoms with Gasteiger partial charge in [0.05, 0.1) is 6.04 Å². The van der Waals surface area contributed by atoms with Crippen LogP contribution in [0.1, 0.15) is 13.8 Å². The first-order valence-electron chi connectivity index (χ1n) is 3.10. The fraction of sp³-hybridized carbons (Fsp3) is 0.667. The summed E-state index contributed by atoms with van der Waals surface area (Å²) in [6.07, 6.45) is 0. The van der Waals surface area contributed by atoms with Gasteiger partial charge in [-0.25, -0.2) is 0 Å². The molecule has 11 heavy (non-hydrogen) atoms. The molecule has 5 heteroatoms. The molecule has 0 saturated heterocycles. The van der Waals surface area contributed by atoms with Crippen LogP contribution in [-0.2, 0) is 9.59 Å². The van der Waals surface area contributed by atoms with Crippen molar-refractivity contribution in [2.75, 3.05) is 0 Å². The third-order valence-corrected chi connectivity index (χ3v) is 1.05. The van der Waals surface area contributed by atoms with Crippen LogP contribution in [0.2, 0.25) is 0 Å². The number of carbonyl (C=O) groups is 2. The van der Waals surface area contributed by atoms with Crippen LogP contribution in [0.5, 0.6) is 0 Å². The lowest BCUT2D eigenvalue weighted by Crippen LogP contribution is -2.40. The van der Waals surface area contributed by atoms with Gasteiger partial charge in [-0.15, -0.1) is 0 Å². The molecule has 0 heterocycles. The third-order valence-electron chi connectivity index (χ3n) is 1.05. The van der Waals surface area contributed by atoms with Crippen LogP contribution in [0, 0.1) is 5.92 Å². The quantitative estimate of drug-likeness (QED) is 0.460. The Morgan fingerprint density at radius 3 is 1.82 bits per heavy atom. The molecule has 0 bridgehead atoms. The van der Waals surface area contributed by atoms with Crippen molar-refractivity contribution >= 4 is 12.4 Å². The average Bonchev–Trinajstić information content (AvgIpc) is 1.87. The van der Waals surface area contributed by atoms with E-state index in [1.165, 1.54) is 0 Å². The summed E-state index contributed by atoms with van der Waals surface area (Å²) in [5, 5.41) is 6.89. The summed E-state index contributed by atoms with van der Waals surface area (Å²) in [5.41, 5.74) is 10.2. The van der Waals surface area contributed by atoms with Gasteiger partial charge in [0.1, 0.15) is 0 Å². The van der Waals surface area contributed by atoms with Gasteiger partial charge in [-0.1, -0.05) is 13.8 Å². The predicted molar refractivity (Wildman–Crippen MR) is 40.7 cm³/mol. The monoisotopic (exact) mass is 162 g/mol. The minimum absolute atomic E-state index is 0.146. The SMILES string of the molecule is CC(C)[C@H](N)C(N)=O.O=CO. The molecular weight excluding hydrogens is 148 g/mol. The van der Waals surface area contributed by atoms with E-state index in [4.69, 9.17) is 21.4 Å². The lowest BCUT2D eigenvalue weighted by Gasteiger charge is -2.09. The van der Waals surface area contributed by atoms with E-state index in [9.17, 15) is 4.79 Å². The Balaban J connectivity index is 0. The van der Waals surface area contributed by atoms with Crippen molar-refractivity contribution in [2.45, 2.75) is 19.9 Å². The van der Waals surface area contributed by atoms with E-state index >= 15 is 0 Å². The van der Waals surface area contributed by atoms with Gasteiger partial charge in [0.25, 0.3) is 6.47 Å². The van der Waals surface area contributed by atoms with Gasteiger partial charge in [0.2, 0.25) is 5.91 Å². The van der Waals surface area contributed by atoms with Crippen LogP contribution >= 0.6 is 0 Å². The standard InChI is InChI=1S/C5H12N2O.CH2O2/c1-3(2)4(6)5(7)8;2-1-3/h3-4H,6H2,1-2H3,(H2,7,8);1H,(H,2,3)/t4-;/m0./s1. The molecule has 0 unspecified atom stereocenters. The van der Waals surface area contributed by atoms with Crippen molar-refractivity contribution in [1.29, 1.82) is 0 Å². The zero-order chi connectivity index (χ0) is 9.44. The number of nitrogens with two attached hydrogens (primary N) is 2. The molecule has 0 aromatic rings. The van der Waals surface area contributed by atoms with Gasteiger partial charge in [-0.2, -0.15) is 0 Å². The first kappa shape index (κ1) is 12.6. The van der Waals surface area contributed by atoms with Gasteiger partial charge in [-0.3, -0.25) is 9.59 Å². The van der Waals surface area contributed by atoms with E-state index in [0.29, 0.717) is 0 Å². The lowest BCUT2D eigenvalue weighted by molar-refractivity contribution is -0.123. The second kappa shape index (κ2) is 7.01. The smallest absolute Gasteiger partial charge is 0.290 e. The first-order valence-corrected chi connectivity index (χ1v) is 3.10. The molecule has 0 aliphatic carbocycles. The molecule has 0 aromatic heterocycles. The Morgan fingerprint density at radius 2 is 1.82 bits per heavy atom. The summed E-state index contributed by atoms with van der Waals surface area (Å²) in [5.74, 6) is -0.285. The van der Waals surface area contributed by atoms with Crippen molar-refractivity contribution in [3.05, 3.63) is 0 Å². The highest BCUT2D eigenvalue weighted by atomic mass is 16.3. The van der Waals surface area contributed by atoms with Crippen LogP contribution in [-0.4, -0.2) is 23.5 Å². The van der Waals surface area contributed by atoms with Crippen molar-refractivity contribution < 1.29 is 14.7 Å². The molecular formula is C6H14N2O3. The number of rotatable bonds is 2. The fourth-order valence-corrected chi connectivity index (χ4v) is 0.329. The molecule has 0 fully saturated rings. The highest BCUT2D eigenvalue weighted by Gasteiger charge is 2.12. The Morgan fingerprint density at radius 1 is 1.55 bits per heavy atom. The second-order valence-electron chi connectivity index (χ2n) is 2.28. The fourth-order valence-electron chi connectivity index (χ4n) is 0.329. The van der Waals surface area contributed by atoms with E-state index < -0.39 is 11.9 Å². The maximum absolute atomic E-state index is 10.2. The van der Waals surface area contributed by atoms with Crippen LogP contribution in [0.4, 0.5) is 0 Å². The highest BCUT2D eigenvalue weighted by molar-refractivity contribution is 5.79. The molecule has 1 amide bonds. The van der Waals surface area contributed by atoms with Crippen LogP contribution in [0.25, 0.3) is 0 Å². The highest BCUT2D eigenvalue weighted by Crippen LogP contribution is 1.95. The topological polar surface area (TPSA) is 106 Å². The zero-order valence-electron chi connectivity index (χ0n) is 6.65. The normalized spacial score (nSPS) is 11.3. The summed E-state index contributed by atoms with van der Waals surface area (Å²) in [7, 11) is 0. The minimum atomic E-state index is -0.491. The van der Waals surface area contributed by atoms with Crippen molar-refractivity contribution in [3.8, 4) is 0 Å². The molecule has 0 aliphatic heterocycles. The van der Waals surface area contributed by atoms with Crippen LogP contribution < -0.4 is 11.5 Å². The number of primary amides is 1. The largest absolute Gasteiger partial charge is 0.483 e. The molecule has 0 spiro atoms. The van der Waals surface area contributed by atoms with Crippen molar-refractivity contribution in [2.24, 2.45) is 17.4 Å². The number of hydrogen-bond acceptors (Lipinski definition) is 3. The average molecular weight is 162 g/mol. The van der Waals surface area contributed by atoms with Gasteiger partial charge in [-0.05, 0) is 5.92 Å². The maximum atomic E-state index is 10.2. The number of carboxylic acid groups (broad SMARTS) is 1. The Labute approximate surface area is 65.4 Å². The van der Waals surface area contributed by atoms with Gasteiger partial charge >= 0.3 is 0 Å². The van der Waals surface area contributed by atoms with E-state index in [1.54, 1.807) is 0 Å². The van der Waals surface area contributed by atoms with E-state index in [2.05, 4.69) is 0 Å². The van der Waals surface area contributed by atoms with Gasteiger partial charge < -0.3 is 16.6 Å². The van der Waals surface area contributed by atoms with E-state index in [-0.39, 0.29) is 12.4 Å². The molecule has 0 saturated carbocycles. The summed E-state index contributed by atoms with van der Waals surface area (Å²) in [6, 6.07) is -0.491. The third kappa shape index (κ3) is 8.90. The van der Waals surface area contributed by atoms with Gasteiger partial charge in [0, 0.05) is 0 Å². The Hall–Kier alpha value is -1.10. The maximum Gasteiger partial charge on any atom is 0.290 e. The molecule has 66 valence electrons. The summed E-state index contributed by atoms with van der Waals surface area (Å²) in [4.78, 5) is 18.6. The Kier molecular flexibility index (Phi) is 8.01. The van der Waals surface area contributed by atoms with E-state index in [0.717, 1.165) is 0 Å². The zero-order valence-corrected chi connectivity index (χ0v) is 6.65. The first-order chi connectivity index (χ1) is 4.97. The van der Waals surface area contributed by atoms with E-state index in [1.807, 2.05) is 13.8 Å². The summed E-state index contributed by atoms with van der Waals surface area (Å²) < 4.78 is 0. The number of carbonyl (C=O) groups excluding carboxylic acids is 1. The van der Waals surface area contributed by atoms with Crippen LogP contribution in [0.3, 0.4) is 0 Å².